The summed E-state index contributed by atoms with van der Waals surface area (Å²) >= 11 is 0. The fraction of sp³-hybridized carbons (Fsp3) is 0.400. The Bertz CT molecular complexity index is 1220. The third kappa shape index (κ3) is 5.18. The van der Waals surface area contributed by atoms with Gasteiger partial charge in [0.25, 0.3) is 0 Å². The van der Waals surface area contributed by atoms with Crippen molar-refractivity contribution in [2.75, 3.05) is 0 Å². The van der Waals surface area contributed by atoms with E-state index in [1.165, 1.54) is 0 Å². The molecule has 9 heteroatoms. The standard InChI is InChI=1S/C25H29F2N7/c1-5-6-14-25(26,27)22-28-23(24(2,3)4)34(31-22)16-17-10-12-18(13-11-17)19-8-7-9-20(15-19)21-29-32-33-30-21/h7-13,15H,5-6,14,16H2,1-4H3,(H,29,30,32,33). The van der Waals surface area contributed by atoms with Crippen LogP contribution in [0.15, 0.2) is 48.5 Å². The summed E-state index contributed by atoms with van der Waals surface area (Å²) in [4.78, 5) is 4.28. The van der Waals surface area contributed by atoms with E-state index in [9.17, 15) is 8.78 Å². The van der Waals surface area contributed by atoms with Crippen molar-refractivity contribution in [3.8, 4) is 22.5 Å². The van der Waals surface area contributed by atoms with Crippen molar-refractivity contribution in [3.63, 3.8) is 0 Å². The van der Waals surface area contributed by atoms with Gasteiger partial charge in [0.05, 0.1) is 6.54 Å². The van der Waals surface area contributed by atoms with E-state index in [2.05, 4.69) is 30.7 Å². The number of hydrogen-bond donors (Lipinski definition) is 1. The van der Waals surface area contributed by atoms with E-state index < -0.39 is 11.3 Å². The molecular formula is C25H29F2N7. The number of halogens is 2. The Morgan fingerprint density at radius 3 is 2.35 bits per heavy atom. The van der Waals surface area contributed by atoms with E-state index in [-0.39, 0.29) is 12.2 Å². The molecule has 34 heavy (non-hydrogen) atoms. The second kappa shape index (κ2) is 9.40. The van der Waals surface area contributed by atoms with Gasteiger partial charge in [-0.15, -0.1) is 10.2 Å². The van der Waals surface area contributed by atoms with Gasteiger partial charge in [-0.1, -0.05) is 76.6 Å². The van der Waals surface area contributed by atoms with Crippen LogP contribution in [-0.4, -0.2) is 35.4 Å². The highest BCUT2D eigenvalue weighted by molar-refractivity contribution is 5.70. The summed E-state index contributed by atoms with van der Waals surface area (Å²) in [5.41, 5.74) is 3.48. The Labute approximate surface area is 197 Å². The maximum atomic E-state index is 14.7. The van der Waals surface area contributed by atoms with Crippen molar-refractivity contribution in [1.82, 2.24) is 35.4 Å². The number of aromatic nitrogens is 7. The first kappa shape index (κ1) is 23.7. The minimum atomic E-state index is -3.03. The molecule has 2 aromatic heterocycles. The van der Waals surface area contributed by atoms with Crippen molar-refractivity contribution < 1.29 is 8.78 Å². The molecule has 0 aliphatic rings. The molecule has 7 nitrogen and oxygen atoms in total. The molecule has 1 N–H and O–H groups in total. The lowest BCUT2D eigenvalue weighted by Crippen LogP contribution is -2.20. The van der Waals surface area contributed by atoms with E-state index in [1.807, 2.05) is 76.2 Å². The monoisotopic (exact) mass is 465 g/mol. The highest BCUT2D eigenvalue weighted by Crippen LogP contribution is 2.33. The van der Waals surface area contributed by atoms with Gasteiger partial charge in [-0.25, -0.2) is 14.8 Å². The smallest absolute Gasteiger partial charge is 0.245 e. The third-order valence-corrected chi connectivity index (χ3v) is 5.61. The van der Waals surface area contributed by atoms with Crippen LogP contribution in [-0.2, 0) is 17.9 Å². The lowest BCUT2D eigenvalue weighted by atomic mass is 9.95. The summed E-state index contributed by atoms with van der Waals surface area (Å²) < 4.78 is 31.0. The van der Waals surface area contributed by atoms with Gasteiger partial charge < -0.3 is 0 Å². The molecule has 4 rings (SSSR count). The summed E-state index contributed by atoms with van der Waals surface area (Å²) in [6.45, 7) is 8.15. The Balaban J connectivity index is 1.58. The fourth-order valence-electron chi connectivity index (χ4n) is 3.78. The van der Waals surface area contributed by atoms with E-state index in [0.29, 0.717) is 31.0 Å². The summed E-state index contributed by atoms with van der Waals surface area (Å²) in [6, 6.07) is 15.9. The molecule has 2 heterocycles. The van der Waals surface area contributed by atoms with Crippen LogP contribution in [0, 0.1) is 0 Å². The minimum absolute atomic E-state index is 0.241. The normalized spacial score (nSPS) is 12.3. The first-order chi connectivity index (χ1) is 16.2. The van der Waals surface area contributed by atoms with Gasteiger partial charge in [0, 0.05) is 17.4 Å². The van der Waals surface area contributed by atoms with Crippen LogP contribution in [0.2, 0.25) is 0 Å². The number of tetrazole rings is 1. The first-order valence-corrected chi connectivity index (χ1v) is 11.4. The van der Waals surface area contributed by atoms with Crippen LogP contribution < -0.4 is 0 Å². The number of nitrogens with one attached hydrogen (secondary N) is 1. The lowest BCUT2D eigenvalue weighted by Gasteiger charge is -2.18. The molecule has 0 aliphatic carbocycles. The number of benzene rings is 2. The average molecular weight is 466 g/mol. The highest BCUT2D eigenvalue weighted by atomic mass is 19.3. The zero-order valence-corrected chi connectivity index (χ0v) is 19.9. The molecule has 0 radical (unpaired) electrons. The summed E-state index contributed by atoms with van der Waals surface area (Å²) in [5.74, 6) is -2.27. The van der Waals surface area contributed by atoms with Gasteiger partial charge in [-0.3, -0.25) is 0 Å². The largest absolute Gasteiger partial charge is 0.308 e. The average Bonchev–Trinajstić information content (AvgIpc) is 3.49. The van der Waals surface area contributed by atoms with E-state index >= 15 is 0 Å². The fourth-order valence-corrected chi connectivity index (χ4v) is 3.78. The van der Waals surface area contributed by atoms with Crippen LogP contribution >= 0.6 is 0 Å². The molecule has 4 aromatic rings. The van der Waals surface area contributed by atoms with E-state index in [1.54, 1.807) is 4.68 Å². The molecule has 0 atom stereocenters. The number of hydrogen-bond acceptors (Lipinski definition) is 5. The first-order valence-electron chi connectivity index (χ1n) is 11.4. The van der Waals surface area contributed by atoms with Gasteiger partial charge in [-0.05, 0) is 39.6 Å². The maximum absolute atomic E-state index is 14.7. The van der Waals surface area contributed by atoms with Crippen molar-refractivity contribution in [2.24, 2.45) is 0 Å². The topological polar surface area (TPSA) is 85.2 Å². The predicted molar refractivity (Wildman–Crippen MR) is 126 cm³/mol. The van der Waals surface area contributed by atoms with Gasteiger partial charge in [-0.2, -0.15) is 8.78 Å². The van der Waals surface area contributed by atoms with Crippen molar-refractivity contribution >= 4 is 0 Å². The number of rotatable bonds is 8. The van der Waals surface area contributed by atoms with E-state index in [4.69, 9.17) is 0 Å². The molecule has 0 saturated carbocycles. The molecule has 0 saturated heterocycles. The number of H-pyrrole nitrogens is 1. The van der Waals surface area contributed by atoms with Gasteiger partial charge >= 0.3 is 5.92 Å². The number of aromatic amines is 1. The van der Waals surface area contributed by atoms with Gasteiger partial charge in [0.1, 0.15) is 5.82 Å². The molecule has 0 spiro atoms. The molecular weight excluding hydrogens is 436 g/mol. The lowest BCUT2D eigenvalue weighted by molar-refractivity contribution is -0.0246. The molecule has 0 aliphatic heterocycles. The number of unbranched alkanes of at least 4 members (excludes halogenated alkanes) is 1. The van der Waals surface area contributed by atoms with Crippen LogP contribution in [0.25, 0.3) is 22.5 Å². The Morgan fingerprint density at radius 1 is 0.971 bits per heavy atom. The molecule has 0 amide bonds. The molecule has 0 bridgehead atoms. The van der Waals surface area contributed by atoms with Crippen LogP contribution in [0.5, 0.6) is 0 Å². The third-order valence-electron chi connectivity index (χ3n) is 5.61. The van der Waals surface area contributed by atoms with Crippen molar-refractivity contribution in [2.45, 2.75) is 64.8 Å². The SMILES string of the molecule is CCCCC(F)(F)c1nc(C(C)(C)C)n(Cc2ccc(-c3cccc(-c4nnn[nH]4)c3)cc2)n1. The Hall–Kier alpha value is -3.49. The molecule has 0 unspecified atom stereocenters. The zero-order chi connectivity index (χ0) is 24.3. The van der Waals surface area contributed by atoms with Crippen molar-refractivity contribution in [3.05, 3.63) is 65.7 Å². The van der Waals surface area contributed by atoms with E-state index in [0.717, 1.165) is 22.3 Å². The molecule has 0 fully saturated rings. The van der Waals surface area contributed by atoms with Crippen LogP contribution in [0.4, 0.5) is 8.78 Å². The maximum Gasteiger partial charge on any atom is 0.308 e. The predicted octanol–water partition coefficient (Wildman–Crippen LogP) is 5.75. The number of alkyl halides is 2. The summed E-state index contributed by atoms with van der Waals surface area (Å²) in [7, 11) is 0. The van der Waals surface area contributed by atoms with Crippen LogP contribution in [0.1, 0.15) is 64.2 Å². The van der Waals surface area contributed by atoms with Gasteiger partial charge in [0.2, 0.25) is 5.82 Å². The number of nitrogens with zero attached hydrogens (tertiary/aromatic N) is 6. The molecule has 178 valence electrons. The Morgan fingerprint density at radius 2 is 1.71 bits per heavy atom. The minimum Gasteiger partial charge on any atom is -0.245 e. The van der Waals surface area contributed by atoms with Crippen LogP contribution in [0.3, 0.4) is 0 Å². The summed E-state index contributed by atoms with van der Waals surface area (Å²) in [6.07, 6.45) is 0.893. The summed E-state index contributed by atoms with van der Waals surface area (Å²) in [5, 5.41) is 18.2. The Kier molecular flexibility index (Phi) is 6.54. The van der Waals surface area contributed by atoms with Gasteiger partial charge in [0.15, 0.2) is 5.82 Å². The quantitative estimate of drug-likeness (QED) is 0.358. The second-order valence-electron chi connectivity index (χ2n) is 9.50. The van der Waals surface area contributed by atoms with Crippen molar-refractivity contribution in [1.29, 1.82) is 0 Å². The molecule has 2 aromatic carbocycles. The highest BCUT2D eigenvalue weighted by Gasteiger charge is 2.38. The second-order valence-corrected chi connectivity index (χ2v) is 9.50. The zero-order valence-electron chi connectivity index (χ0n) is 19.9.